The summed E-state index contributed by atoms with van der Waals surface area (Å²) < 4.78 is 36.9. The van der Waals surface area contributed by atoms with Gasteiger partial charge in [0.05, 0.1) is 5.69 Å². The van der Waals surface area contributed by atoms with Crippen molar-refractivity contribution < 1.29 is 27.9 Å². The van der Waals surface area contributed by atoms with Gasteiger partial charge in [0.1, 0.15) is 5.92 Å². The standard InChI is InChI=1S/C11H10F3NO3S/c1-6(10(17)18)9(16)15-7-4-2-3-5-8(7)19-11(12,13)14/h2-6H,1H3,(H,15,16)(H,17,18). The van der Waals surface area contributed by atoms with Crippen LogP contribution in [0.25, 0.3) is 0 Å². The molecule has 0 aliphatic rings. The molecule has 0 fully saturated rings. The lowest BCUT2D eigenvalue weighted by Crippen LogP contribution is -2.27. The van der Waals surface area contributed by atoms with E-state index in [2.05, 4.69) is 5.32 Å². The van der Waals surface area contributed by atoms with Gasteiger partial charge in [-0.25, -0.2) is 0 Å². The number of anilines is 1. The number of benzene rings is 1. The third kappa shape index (κ3) is 4.82. The molecule has 104 valence electrons. The maximum absolute atomic E-state index is 12.3. The molecule has 0 bridgehead atoms. The summed E-state index contributed by atoms with van der Waals surface area (Å²) in [7, 11) is 0. The van der Waals surface area contributed by atoms with Gasteiger partial charge in [-0.05, 0) is 30.8 Å². The van der Waals surface area contributed by atoms with E-state index in [1.54, 1.807) is 0 Å². The molecule has 0 aliphatic heterocycles. The quantitative estimate of drug-likeness (QED) is 0.661. The van der Waals surface area contributed by atoms with Gasteiger partial charge in [-0.15, -0.1) is 0 Å². The molecule has 1 aromatic carbocycles. The lowest BCUT2D eigenvalue weighted by molar-refractivity contribution is -0.144. The van der Waals surface area contributed by atoms with E-state index in [0.717, 1.165) is 6.92 Å². The number of alkyl halides is 3. The summed E-state index contributed by atoms with van der Waals surface area (Å²) in [4.78, 5) is 21.9. The van der Waals surface area contributed by atoms with Crippen molar-refractivity contribution in [3.63, 3.8) is 0 Å². The fraction of sp³-hybridized carbons (Fsp3) is 0.273. The lowest BCUT2D eigenvalue weighted by Gasteiger charge is -2.13. The molecule has 0 saturated heterocycles. The Morgan fingerprint density at radius 2 is 1.89 bits per heavy atom. The second-order valence-electron chi connectivity index (χ2n) is 3.59. The smallest absolute Gasteiger partial charge is 0.446 e. The molecule has 0 aromatic heterocycles. The normalized spacial score (nSPS) is 12.8. The predicted octanol–water partition coefficient (Wildman–Crippen LogP) is 2.96. The number of carboxylic acid groups (broad SMARTS) is 1. The highest BCUT2D eigenvalue weighted by Gasteiger charge is 2.31. The van der Waals surface area contributed by atoms with Gasteiger partial charge in [-0.3, -0.25) is 9.59 Å². The molecule has 1 aromatic rings. The van der Waals surface area contributed by atoms with E-state index in [1.165, 1.54) is 24.3 Å². The van der Waals surface area contributed by atoms with E-state index < -0.39 is 23.3 Å². The molecule has 1 amide bonds. The van der Waals surface area contributed by atoms with E-state index in [-0.39, 0.29) is 22.3 Å². The second-order valence-corrected chi connectivity index (χ2v) is 4.70. The summed E-state index contributed by atoms with van der Waals surface area (Å²) in [6.07, 6.45) is 0. The largest absolute Gasteiger partial charge is 0.481 e. The van der Waals surface area contributed by atoms with Crippen molar-refractivity contribution in [1.29, 1.82) is 0 Å². The Bertz CT molecular complexity index is 490. The molecule has 0 heterocycles. The first kappa shape index (κ1) is 15.4. The molecule has 1 atom stereocenters. The molecule has 1 rings (SSSR count). The summed E-state index contributed by atoms with van der Waals surface area (Å²) in [5.74, 6) is -3.56. The summed E-state index contributed by atoms with van der Waals surface area (Å²) in [5, 5.41) is 10.8. The molecule has 0 radical (unpaired) electrons. The molecular weight excluding hydrogens is 283 g/mol. The fourth-order valence-corrected chi connectivity index (χ4v) is 1.76. The lowest BCUT2D eigenvalue weighted by atomic mass is 10.1. The first-order chi connectivity index (χ1) is 8.70. The Labute approximate surface area is 111 Å². The Morgan fingerprint density at radius 1 is 1.32 bits per heavy atom. The van der Waals surface area contributed by atoms with Crippen molar-refractivity contribution in [3.8, 4) is 0 Å². The Balaban J connectivity index is 2.90. The molecule has 4 nitrogen and oxygen atoms in total. The van der Waals surface area contributed by atoms with Gasteiger partial charge in [0.25, 0.3) is 0 Å². The topological polar surface area (TPSA) is 66.4 Å². The second kappa shape index (κ2) is 5.96. The Hall–Kier alpha value is -1.70. The van der Waals surface area contributed by atoms with Crippen LogP contribution >= 0.6 is 11.8 Å². The zero-order valence-corrected chi connectivity index (χ0v) is 10.5. The van der Waals surface area contributed by atoms with E-state index in [4.69, 9.17) is 5.11 Å². The van der Waals surface area contributed by atoms with Crippen molar-refractivity contribution >= 4 is 29.3 Å². The number of thioether (sulfide) groups is 1. The Kier molecular flexibility index (Phi) is 4.82. The van der Waals surface area contributed by atoms with Crippen LogP contribution < -0.4 is 5.32 Å². The number of carbonyl (C=O) groups is 2. The molecule has 1 unspecified atom stereocenters. The molecule has 8 heteroatoms. The number of hydrogen-bond acceptors (Lipinski definition) is 3. The van der Waals surface area contributed by atoms with Crippen molar-refractivity contribution in [2.75, 3.05) is 5.32 Å². The van der Waals surface area contributed by atoms with Gasteiger partial charge < -0.3 is 10.4 Å². The van der Waals surface area contributed by atoms with Crippen LogP contribution in [0.2, 0.25) is 0 Å². The minimum atomic E-state index is -4.49. The summed E-state index contributed by atoms with van der Waals surface area (Å²) in [5.41, 5.74) is -4.55. The first-order valence-electron chi connectivity index (χ1n) is 5.09. The summed E-state index contributed by atoms with van der Waals surface area (Å²) in [6.45, 7) is 1.15. The van der Waals surface area contributed by atoms with Crippen LogP contribution in [0.5, 0.6) is 0 Å². The number of carboxylic acids is 1. The maximum Gasteiger partial charge on any atom is 0.446 e. The van der Waals surface area contributed by atoms with Gasteiger partial charge in [-0.2, -0.15) is 13.2 Å². The molecular formula is C11H10F3NO3S. The van der Waals surface area contributed by atoms with Gasteiger partial charge in [0, 0.05) is 4.90 Å². The number of amides is 1. The molecule has 0 spiro atoms. The van der Waals surface area contributed by atoms with Gasteiger partial charge in [-0.1, -0.05) is 12.1 Å². The predicted molar refractivity (Wildman–Crippen MR) is 63.8 cm³/mol. The minimum absolute atomic E-state index is 0.0667. The van der Waals surface area contributed by atoms with Gasteiger partial charge in [0.2, 0.25) is 5.91 Å². The van der Waals surface area contributed by atoms with Crippen LogP contribution in [0, 0.1) is 5.92 Å². The maximum atomic E-state index is 12.3. The highest BCUT2D eigenvalue weighted by Crippen LogP contribution is 2.40. The molecule has 19 heavy (non-hydrogen) atoms. The van der Waals surface area contributed by atoms with Crippen LogP contribution in [0.3, 0.4) is 0 Å². The zero-order valence-electron chi connectivity index (χ0n) is 9.69. The van der Waals surface area contributed by atoms with E-state index in [9.17, 15) is 22.8 Å². The van der Waals surface area contributed by atoms with Gasteiger partial charge in [0.15, 0.2) is 0 Å². The average Bonchev–Trinajstić information content (AvgIpc) is 2.28. The summed E-state index contributed by atoms with van der Waals surface area (Å²) in [6, 6.07) is 5.31. The monoisotopic (exact) mass is 293 g/mol. The van der Waals surface area contributed by atoms with E-state index in [0.29, 0.717) is 0 Å². The number of rotatable bonds is 4. The average molecular weight is 293 g/mol. The molecule has 2 N–H and O–H groups in total. The third-order valence-corrected chi connectivity index (χ3v) is 2.94. The van der Waals surface area contributed by atoms with Crippen LogP contribution in [-0.4, -0.2) is 22.5 Å². The number of halogens is 3. The number of nitrogens with one attached hydrogen (secondary N) is 1. The first-order valence-corrected chi connectivity index (χ1v) is 5.91. The minimum Gasteiger partial charge on any atom is -0.481 e. The SMILES string of the molecule is CC(C(=O)O)C(=O)Nc1ccccc1SC(F)(F)F. The highest BCUT2D eigenvalue weighted by molar-refractivity contribution is 8.00. The van der Waals surface area contributed by atoms with Gasteiger partial charge >= 0.3 is 11.5 Å². The van der Waals surface area contributed by atoms with Crippen LogP contribution in [0.4, 0.5) is 18.9 Å². The number of para-hydroxylation sites is 1. The van der Waals surface area contributed by atoms with Crippen molar-refractivity contribution in [2.24, 2.45) is 5.92 Å². The van der Waals surface area contributed by atoms with Crippen LogP contribution in [0.15, 0.2) is 29.2 Å². The zero-order chi connectivity index (χ0) is 14.6. The van der Waals surface area contributed by atoms with Crippen molar-refractivity contribution in [1.82, 2.24) is 0 Å². The number of hydrogen-bond donors (Lipinski definition) is 2. The number of carbonyl (C=O) groups excluding carboxylic acids is 1. The van der Waals surface area contributed by atoms with Crippen LogP contribution in [-0.2, 0) is 9.59 Å². The number of aliphatic carboxylic acids is 1. The van der Waals surface area contributed by atoms with Crippen molar-refractivity contribution in [2.45, 2.75) is 17.3 Å². The van der Waals surface area contributed by atoms with E-state index >= 15 is 0 Å². The molecule has 0 aliphatic carbocycles. The third-order valence-electron chi connectivity index (χ3n) is 2.13. The van der Waals surface area contributed by atoms with E-state index in [1.807, 2.05) is 0 Å². The molecule has 0 saturated carbocycles. The highest BCUT2D eigenvalue weighted by atomic mass is 32.2. The van der Waals surface area contributed by atoms with Crippen LogP contribution in [0.1, 0.15) is 6.92 Å². The van der Waals surface area contributed by atoms with Crippen molar-refractivity contribution in [3.05, 3.63) is 24.3 Å². The Morgan fingerprint density at radius 3 is 2.42 bits per heavy atom. The fourth-order valence-electron chi connectivity index (χ4n) is 1.14. The summed E-state index contributed by atoms with van der Waals surface area (Å²) >= 11 is -0.373.